The normalized spacial score (nSPS) is 48.9. The maximum absolute atomic E-state index is 3.07. The number of unbranched alkanes of at least 4 members (excludes halogenated alkanes) is 3. The summed E-state index contributed by atoms with van der Waals surface area (Å²) in [6.45, 7) is 21.4. The second-order valence-electron chi connectivity index (χ2n) is 18.9. The molecular formula is C40H72SSi. The number of thioether (sulfide) groups is 1. The van der Waals surface area contributed by atoms with Gasteiger partial charge in [-0.2, -0.15) is 11.8 Å². The van der Waals surface area contributed by atoms with Crippen LogP contribution < -0.4 is 0 Å². The first-order chi connectivity index (χ1) is 20.1. The number of hydrogen-bond acceptors (Lipinski definition) is 1. The molecule has 6 rings (SSSR count). The average Bonchev–Trinajstić information content (AvgIpc) is 3.59. The Morgan fingerprint density at radius 1 is 0.690 bits per heavy atom. The SMILES string of the molecule is CCCCCC[Si](C)(C1C(C)CC2C(C3CCC(C(C)(C)C)CC3)CCCC21)C1C(C)C(C)C2C3CCCCC3SC21. The largest absolute Gasteiger partial charge is 0.155 e. The summed E-state index contributed by atoms with van der Waals surface area (Å²) < 4.78 is 0. The van der Waals surface area contributed by atoms with Crippen molar-refractivity contribution >= 4 is 19.8 Å². The fraction of sp³-hybridized carbons (Fsp3) is 1.00. The average molecular weight is 613 g/mol. The summed E-state index contributed by atoms with van der Waals surface area (Å²) in [5.41, 5.74) is 2.74. The van der Waals surface area contributed by atoms with E-state index in [9.17, 15) is 0 Å². The number of fused-ring (bicyclic) bond motifs is 4. The maximum Gasteiger partial charge on any atom is 0.0586 e. The Morgan fingerprint density at radius 2 is 1.38 bits per heavy atom. The second kappa shape index (κ2) is 13.0. The van der Waals surface area contributed by atoms with E-state index in [2.05, 4.69) is 66.8 Å². The number of rotatable bonds is 8. The van der Waals surface area contributed by atoms with Crippen LogP contribution in [0.15, 0.2) is 0 Å². The van der Waals surface area contributed by atoms with Gasteiger partial charge in [-0.25, -0.2) is 0 Å². The van der Waals surface area contributed by atoms with Crippen molar-refractivity contribution in [3.8, 4) is 0 Å². The summed E-state index contributed by atoms with van der Waals surface area (Å²) in [4.78, 5) is 0. The quantitative estimate of drug-likeness (QED) is 0.194. The first kappa shape index (κ1) is 32.5. The van der Waals surface area contributed by atoms with Gasteiger partial charge in [0, 0.05) is 10.5 Å². The molecule has 0 bridgehead atoms. The first-order valence-corrected chi connectivity index (χ1v) is 23.5. The Hall–Kier alpha value is 0.567. The predicted octanol–water partition coefficient (Wildman–Crippen LogP) is 12.9. The van der Waals surface area contributed by atoms with E-state index in [1.807, 2.05) is 0 Å². The van der Waals surface area contributed by atoms with Crippen LogP contribution in [0.2, 0.25) is 23.7 Å². The minimum atomic E-state index is -1.50. The summed E-state index contributed by atoms with van der Waals surface area (Å²) in [6.07, 6.45) is 24.6. The highest BCUT2D eigenvalue weighted by Gasteiger charge is 2.65. The predicted molar refractivity (Wildman–Crippen MR) is 190 cm³/mol. The zero-order valence-corrected chi connectivity index (χ0v) is 31.3. The highest BCUT2D eigenvalue weighted by Crippen LogP contribution is 2.70. The van der Waals surface area contributed by atoms with Gasteiger partial charge in [0.1, 0.15) is 0 Å². The maximum atomic E-state index is 3.07. The molecule has 42 heavy (non-hydrogen) atoms. The van der Waals surface area contributed by atoms with Crippen LogP contribution in [0.5, 0.6) is 0 Å². The number of hydrogen-bond donors (Lipinski definition) is 0. The smallest absolute Gasteiger partial charge is 0.0586 e. The third-order valence-corrected chi connectivity index (χ3v) is 24.4. The van der Waals surface area contributed by atoms with Gasteiger partial charge in [0.25, 0.3) is 0 Å². The molecule has 13 unspecified atom stereocenters. The standard InChI is InChI=1S/C40H72SSi/c1-9-10-11-14-24-42(8,39-28(4)27(3)36-33-16-12-13-19-35(33)41-37(36)39)38-26(2)25-34-31(17-15-18-32(34)38)29-20-22-30(23-21-29)40(5,6)7/h26-39H,9-25H2,1-8H3. The molecule has 6 fully saturated rings. The lowest BCUT2D eigenvalue weighted by Crippen LogP contribution is -2.50. The van der Waals surface area contributed by atoms with E-state index >= 15 is 0 Å². The second-order valence-corrected chi connectivity index (χ2v) is 25.1. The Kier molecular flexibility index (Phi) is 10.1. The summed E-state index contributed by atoms with van der Waals surface area (Å²) in [5, 5.41) is 2.06. The molecular weight excluding hydrogens is 541 g/mol. The molecule has 0 N–H and O–H groups in total. The van der Waals surface area contributed by atoms with Crippen molar-refractivity contribution < 1.29 is 0 Å². The summed E-state index contributed by atoms with van der Waals surface area (Å²) in [7, 11) is -1.50. The van der Waals surface area contributed by atoms with E-state index in [1.165, 1.54) is 44.9 Å². The molecule has 1 aliphatic heterocycles. The van der Waals surface area contributed by atoms with Crippen molar-refractivity contribution in [1.82, 2.24) is 0 Å². The third kappa shape index (κ3) is 5.81. The van der Waals surface area contributed by atoms with Crippen LogP contribution in [0.1, 0.15) is 151 Å². The topological polar surface area (TPSA) is 0 Å². The Labute approximate surface area is 268 Å². The molecule has 1 heterocycles. The lowest BCUT2D eigenvalue weighted by molar-refractivity contribution is 0.0637. The molecule has 5 saturated carbocycles. The molecule has 6 aliphatic rings. The summed E-state index contributed by atoms with van der Waals surface area (Å²) >= 11 is 2.60. The monoisotopic (exact) mass is 613 g/mol. The summed E-state index contributed by atoms with van der Waals surface area (Å²) in [5.74, 6) is 10.4. The highest BCUT2D eigenvalue weighted by atomic mass is 32.2. The summed E-state index contributed by atoms with van der Waals surface area (Å²) in [6, 6.07) is 1.67. The molecule has 0 spiro atoms. The van der Waals surface area contributed by atoms with E-state index in [1.54, 1.807) is 63.8 Å². The fourth-order valence-corrected chi connectivity index (χ4v) is 24.9. The minimum absolute atomic E-state index is 0.515. The van der Waals surface area contributed by atoms with E-state index in [-0.39, 0.29) is 0 Å². The van der Waals surface area contributed by atoms with Crippen LogP contribution in [0.4, 0.5) is 0 Å². The third-order valence-electron chi connectivity index (χ3n) is 15.9. The van der Waals surface area contributed by atoms with Gasteiger partial charge >= 0.3 is 0 Å². The van der Waals surface area contributed by atoms with Crippen molar-refractivity contribution in [3.63, 3.8) is 0 Å². The fourth-order valence-electron chi connectivity index (χ4n) is 14.0. The molecule has 242 valence electrons. The molecule has 1 saturated heterocycles. The van der Waals surface area contributed by atoms with E-state index in [0.29, 0.717) is 5.41 Å². The van der Waals surface area contributed by atoms with Gasteiger partial charge in [-0.05, 0) is 127 Å². The van der Waals surface area contributed by atoms with Crippen LogP contribution in [0.25, 0.3) is 0 Å². The Morgan fingerprint density at radius 3 is 2.10 bits per heavy atom. The van der Waals surface area contributed by atoms with Crippen LogP contribution in [0.3, 0.4) is 0 Å². The van der Waals surface area contributed by atoms with Crippen molar-refractivity contribution in [1.29, 1.82) is 0 Å². The van der Waals surface area contributed by atoms with E-state index in [4.69, 9.17) is 0 Å². The van der Waals surface area contributed by atoms with Crippen molar-refractivity contribution in [2.75, 3.05) is 0 Å². The molecule has 13 atom stereocenters. The molecule has 2 heteroatoms. The van der Waals surface area contributed by atoms with Crippen LogP contribution in [0, 0.1) is 64.6 Å². The zero-order valence-electron chi connectivity index (χ0n) is 29.5. The molecule has 0 aromatic rings. The van der Waals surface area contributed by atoms with Gasteiger partial charge in [0.15, 0.2) is 0 Å². The molecule has 5 aliphatic carbocycles. The van der Waals surface area contributed by atoms with Gasteiger partial charge in [0.05, 0.1) is 8.07 Å². The first-order valence-electron chi connectivity index (χ1n) is 19.7. The Bertz CT molecular complexity index is 885. The van der Waals surface area contributed by atoms with E-state index < -0.39 is 8.07 Å². The molecule has 0 aromatic carbocycles. The van der Waals surface area contributed by atoms with E-state index in [0.717, 1.165) is 80.8 Å². The molecule has 0 aromatic heterocycles. The molecule has 0 amide bonds. The van der Waals surface area contributed by atoms with Crippen molar-refractivity contribution in [2.45, 2.75) is 185 Å². The van der Waals surface area contributed by atoms with Gasteiger partial charge in [-0.1, -0.05) is 112 Å². The minimum Gasteiger partial charge on any atom is -0.155 e. The molecule has 0 radical (unpaired) electrons. The Balaban J connectivity index is 1.26. The van der Waals surface area contributed by atoms with Gasteiger partial charge in [-0.3, -0.25) is 0 Å². The lowest BCUT2D eigenvalue weighted by Gasteiger charge is -2.50. The van der Waals surface area contributed by atoms with Crippen LogP contribution in [-0.2, 0) is 0 Å². The lowest BCUT2D eigenvalue weighted by atomic mass is 9.61. The highest BCUT2D eigenvalue weighted by molar-refractivity contribution is 8.01. The van der Waals surface area contributed by atoms with Crippen molar-refractivity contribution in [2.24, 2.45) is 64.6 Å². The van der Waals surface area contributed by atoms with Gasteiger partial charge in [-0.15, -0.1) is 0 Å². The van der Waals surface area contributed by atoms with Crippen LogP contribution in [-0.4, -0.2) is 18.6 Å². The molecule has 0 nitrogen and oxygen atoms in total. The zero-order chi connectivity index (χ0) is 29.8. The van der Waals surface area contributed by atoms with Crippen LogP contribution >= 0.6 is 11.8 Å². The van der Waals surface area contributed by atoms with Crippen molar-refractivity contribution in [3.05, 3.63) is 0 Å². The van der Waals surface area contributed by atoms with Gasteiger partial charge in [0.2, 0.25) is 0 Å². The van der Waals surface area contributed by atoms with Gasteiger partial charge < -0.3 is 0 Å².